The molecule has 0 saturated carbocycles. The lowest BCUT2D eigenvalue weighted by Crippen LogP contribution is -2.39. The summed E-state index contributed by atoms with van der Waals surface area (Å²) in [5, 5.41) is 3.45. The molecule has 1 aromatic carbocycles. The maximum atomic E-state index is 5.78. The molecule has 0 aromatic heterocycles. The van der Waals surface area contributed by atoms with E-state index in [2.05, 4.69) is 30.1 Å². The number of hydrogen-bond donors (Lipinski definition) is 2. The van der Waals surface area contributed by atoms with Crippen LogP contribution in [0.4, 0.5) is 17.1 Å². The lowest BCUT2D eigenvalue weighted by Gasteiger charge is -2.35. The van der Waals surface area contributed by atoms with E-state index in [1.165, 1.54) is 11.4 Å². The molecule has 1 atom stereocenters. The van der Waals surface area contributed by atoms with Crippen molar-refractivity contribution in [1.82, 2.24) is 0 Å². The van der Waals surface area contributed by atoms with Gasteiger partial charge in [-0.1, -0.05) is 0 Å². The fraction of sp³-hybridized carbons (Fsp3) is 0.455. The molecule has 0 bridgehead atoms. The third kappa shape index (κ3) is 1.50. The zero-order chi connectivity index (χ0) is 10.1. The molecule has 2 rings (SSSR count). The molecule has 0 saturated heterocycles. The van der Waals surface area contributed by atoms with Crippen molar-refractivity contribution in [1.29, 1.82) is 0 Å². The summed E-state index contributed by atoms with van der Waals surface area (Å²) in [6.45, 7) is 6.45. The highest BCUT2D eigenvalue weighted by Gasteiger charge is 2.19. The third-order valence-corrected chi connectivity index (χ3v) is 2.64. The van der Waals surface area contributed by atoms with Crippen LogP contribution >= 0.6 is 0 Å². The van der Waals surface area contributed by atoms with E-state index < -0.39 is 0 Å². The SMILES string of the molecule is CCN1CC(C)Nc2ccc(N)cc21. The van der Waals surface area contributed by atoms with E-state index >= 15 is 0 Å². The van der Waals surface area contributed by atoms with E-state index in [1.807, 2.05) is 12.1 Å². The zero-order valence-electron chi connectivity index (χ0n) is 8.75. The van der Waals surface area contributed by atoms with Crippen LogP contribution in [0.25, 0.3) is 0 Å². The van der Waals surface area contributed by atoms with Gasteiger partial charge in [0.2, 0.25) is 0 Å². The highest BCUT2D eigenvalue weighted by molar-refractivity contribution is 5.76. The van der Waals surface area contributed by atoms with Crippen molar-refractivity contribution < 1.29 is 0 Å². The Bertz CT molecular complexity index is 335. The number of nitrogens with one attached hydrogen (secondary N) is 1. The lowest BCUT2D eigenvalue weighted by molar-refractivity contribution is 0.703. The van der Waals surface area contributed by atoms with Crippen molar-refractivity contribution >= 4 is 17.1 Å². The first kappa shape index (κ1) is 9.19. The first-order valence-electron chi connectivity index (χ1n) is 5.11. The van der Waals surface area contributed by atoms with Crippen molar-refractivity contribution in [3.8, 4) is 0 Å². The van der Waals surface area contributed by atoms with E-state index in [-0.39, 0.29) is 0 Å². The normalized spacial score (nSPS) is 20.1. The summed E-state index contributed by atoms with van der Waals surface area (Å²) in [6, 6.07) is 6.55. The van der Waals surface area contributed by atoms with Gasteiger partial charge in [-0.05, 0) is 32.0 Å². The summed E-state index contributed by atoms with van der Waals surface area (Å²) in [7, 11) is 0. The van der Waals surface area contributed by atoms with E-state index in [0.29, 0.717) is 6.04 Å². The number of benzene rings is 1. The molecule has 1 heterocycles. The van der Waals surface area contributed by atoms with Gasteiger partial charge in [-0.15, -0.1) is 0 Å². The Morgan fingerprint density at radius 2 is 2.36 bits per heavy atom. The Morgan fingerprint density at radius 1 is 1.57 bits per heavy atom. The maximum absolute atomic E-state index is 5.78. The predicted molar refractivity (Wildman–Crippen MR) is 61.8 cm³/mol. The van der Waals surface area contributed by atoms with Gasteiger partial charge in [-0.25, -0.2) is 0 Å². The van der Waals surface area contributed by atoms with Crippen molar-refractivity contribution in [3.05, 3.63) is 18.2 Å². The predicted octanol–water partition coefficient (Wildman–Crippen LogP) is 1.91. The summed E-state index contributed by atoms with van der Waals surface area (Å²) in [5.41, 5.74) is 9.03. The number of rotatable bonds is 1. The van der Waals surface area contributed by atoms with Crippen LogP contribution in [0.15, 0.2) is 18.2 Å². The molecule has 0 fully saturated rings. The second-order valence-corrected chi connectivity index (χ2v) is 3.86. The van der Waals surface area contributed by atoms with E-state index in [4.69, 9.17) is 5.73 Å². The number of nitrogen functional groups attached to an aromatic ring is 1. The molecule has 1 unspecified atom stereocenters. The van der Waals surface area contributed by atoms with Gasteiger partial charge in [-0.2, -0.15) is 0 Å². The third-order valence-electron chi connectivity index (χ3n) is 2.64. The quantitative estimate of drug-likeness (QED) is 0.666. The molecule has 14 heavy (non-hydrogen) atoms. The summed E-state index contributed by atoms with van der Waals surface area (Å²) < 4.78 is 0. The second-order valence-electron chi connectivity index (χ2n) is 3.86. The highest BCUT2D eigenvalue weighted by Crippen LogP contribution is 2.32. The van der Waals surface area contributed by atoms with Crippen LogP contribution in [0.5, 0.6) is 0 Å². The Labute approximate surface area is 84.9 Å². The van der Waals surface area contributed by atoms with Gasteiger partial charge in [0.05, 0.1) is 11.4 Å². The number of hydrogen-bond acceptors (Lipinski definition) is 3. The van der Waals surface area contributed by atoms with E-state index in [9.17, 15) is 0 Å². The van der Waals surface area contributed by atoms with E-state index in [1.54, 1.807) is 0 Å². The molecule has 1 aliphatic heterocycles. The standard InChI is InChI=1S/C11H17N3/c1-3-14-7-8(2)13-10-5-4-9(12)6-11(10)14/h4-6,8,13H,3,7,12H2,1-2H3. The van der Waals surface area contributed by atoms with Gasteiger partial charge in [-0.3, -0.25) is 0 Å². The molecule has 0 aliphatic carbocycles. The Balaban J connectivity index is 2.41. The molecule has 0 amide bonds. The average Bonchev–Trinajstić information content (AvgIpc) is 2.17. The molecule has 1 aliphatic rings. The zero-order valence-corrected chi connectivity index (χ0v) is 8.75. The van der Waals surface area contributed by atoms with Gasteiger partial charge in [0.25, 0.3) is 0 Å². The van der Waals surface area contributed by atoms with Gasteiger partial charge >= 0.3 is 0 Å². The monoisotopic (exact) mass is 191 g/mol. The average molecular weight is 191 g/mol. The van der Waals surface area contributed by atoms with Gasteiger partial charge < -0.3 is 16.0 Å². The van der Waals surface area contributed by atoms with Crippen molar-refractivity contribution in [2.45, 2.75) is 19.9 Å². The summed E-state index contributed by atoms with van der Waals surface area (Å²) in [6.07, 6.45) is 0. The molecular weight excluding hydrogens is 174 g/mol. The highest BCUT2D eigenvalue weighted by atomic mass is 15.2. The van der Waals surface area contributed by atoms with Crippen LogP contribution in [0.1, 0.15) is 13.8 Å². The second kappa shape index (κ2) is 3.40. The molecule has 3 N–H and O–H groups in total. The number of nitrogens with zero attached hydrogens (tertiary/aromatic N) is 1. The summed E-state index contributed by atoms with van der Waals surface area (Å²) >= 11 is 0. The summed E-state index contributed by atoms with van der Waals surface area (Å²) in [5.74, 6) is 0. The smallest absolute Gasteiger partial charge is 0.0623 e. The fourth-order valence-electron chi connectivity index (χ4n) is 1.97. The van der Waals surface area contributed by atoms with Crippen molar-refractivity contribution in [2.75, 3.05) is 29.0 Å². The topological polar surface area (TPSA) is 41.3 Å². The lowest BCUT2D eigenvalue weighted by atomic mass is 10.1. The Kier molecular flexibility index (Phi) is 2.23. The Hall–Kier alpha value is -1.38. The molecule has 3 nitrogen and oxygen atoms in total. The maximum Gasteiger partial charge on any atom is 0.0623 e. The van der Waals surface area contributed by atoms with Crippen LogP contribution < -0.4 is 16.0 Å². The fourth-order valence-corrected chi connectivity index (χ4v) is 1.97. The van der Waals surface area contributed by atoms with Crippen LogP contribution in [0.3, 0.4) is 0 Å². The Morgan fingerprint density at radius 3 is 3.07 bits per heavy atom. The van der Waals surface area contributed by atoms with Crippen LogP contribution in [-0.4, -0.2) is 19.1 Å². The number of fused-ring (bicyclic) bond motifs is 1. The molecule has 1 aromatic rings. The van der Waals surface area contributed by atoms with Crippen LogP contribution in [0, 0.1) is 0 Å². The molecule has 0 radical (unpaired) electrons. The number of nitrogens with two attached hydrogens (primary N) is 1. The minimum absolute atomic E-state index is 0.506. The minimum atomic E-state index is 0.506. The van der Waals surface area contributed by atoms with Gasteiger partial charge in [0.1, 0.15) is 0 Å². The molecule has 3 heteroatoms. The number of anilines is 3. The van der Waals surface area contributed by atoms with E-state index in [0.717, 1.165) is 18.8 Å². The largest absolute Gasteiger partial charge is 0.399 e. The first-order chi connectivity index (χ1) is 6.70. The molecule has 76 valence electrons. The number of likely N-dealkylation sites (N-methyl/N-ethyl adjacent to an activating group) is 1. The summed E-state index contributed by atoms with van der Waals surface area (Å²) in [4.78, 5) is 2.35. The molecule has 0 spiro atoms. The van der Waals surface area contributed by atoms with Gasteiger partial charge in [0.15, 0.2) is 0 Å². The van der Waals surface area contributed by atoms with Gasteiger partial charge in [0, 0.05) is 24.8 Å². The van der Waals surface area contributed by atoms with Crippen LogP contribution in [-0.2, 0) is 0 Å². The van der Waals surface area contributed by atoms with Crippen molar-refractivity contribution in [3.63, 3.8) is 0 Å². The minimum Gasteiger partial charge on any atom is -0.399 e. The van der Waals surface area contributed by atoms with Crippen molar-refractivity contribution in [2.24, 2.45) is 0 Å². The first-order valence-corrected chi connectivity index (χ1v) is 5.11. The van der Waals surface area contributed by atoms with Crippen LogP contribution in [0.2, 0.25) is 0 Å². The molecular formula is C11H17N3.